The Morgan fingerprint density at radius 2 is 1.94 bits per heavy atom. The van der Waals surface area contributed by atoms with Crippen LogP contribution in [0.25, 0.3) is 22.2 Å². The van der Waals surface area contributed by atoms with E-state index in [0.717, 1.165) is 41.6 Å². The Kier molecular flexibility index (Phi) is 7.54. The molecule has 6 nitrogen and oxygen atoms in total. The van der Waals surface area contributed by atoms with Crippen LogP contribution in [0.3, 0.4) is 0 Å². The number of piperazine rings is 1. The molecule has 0 unspecified atom stereocenters. The fraction of sp³-hybridized carbons (Fsp3) is 0.414. The van der Waals surface area contributed by atoms with Crippen molar-refractivity contribution >= 4 is 34.3 Å². The molecule has 36 heavy (non-hydrogen) atoms. The Bertz CT molecular complexity index is 1260. The Morgan fingerprint density at radius 1 is 1.17 bits per heavy atom. The van der Waals surface area contributed by atoms with E-state index in [1.165, 1.54) is 19.3 Å². The number of carbonyl (C=O) groups is 2. The third-order valence-electron chi connectivity index (χ3n) is 7.54. The molecule has 2 heterocycles. The van der Waals surface area contributed by atoms with Gasteiger partial charge in [-0.15, -0.1) is 0 Å². The zero-order valence-electron chi connectivity index (χ0n) is 20.7. The van der Waals surface area contributed by atoms with Crippen LogP contribution in [0.2, 0.25) is 5.02 Å². The fourth-order valence-corrected chi connectivity index (χ4v) is 5.77. The normalized spacial score (nSPS) is 18.1. The number of hydrogen-bond acceptors (Lipinski definition) is 4. The number of aromatic nitrogens is 1. The van der Waals surface area contributed by atoms with Crippen molar-refractivity contribution in [1.82, 2.24) is 20.5 Å². The van der Waals surface area contributed by atoms with Crippen LogP contribution in [0.15, 0.2) is 48.5 Å². The van der Waals surface area contributed by atoms with E-state index in [1.54, 1.807) is 0 Å². The van der Waals surface area contributed by atoms with Crippen LogP contribution in [0.4, 0.5) is 0 Å². The molecule has 0 bridgehead atoms. The number of carbonyl (C=O) groups excluding carboxylic acids is 2. The summed E-state index contributed by atoms with van der Waals surface area (Å²) in [6.07, 6.45) is 6.03. The summed E-state index contributed by atoms with van der Waals surface area (Å²) in [4.78, 5) is 33.3. The molecule has 2 N–H and O–H groups in total. The van der Waals surface area contributed by atoms with Crippen molar-refractivity contribution in [3.05, 3.63) is 64.7 Å². The van der Waals surface area contributed by atoms with Gasteiger partial charge in [0.1, 0.15) is 0 Å². The molecule has 1 saturated heterocycles. The predicted molar refractivity (Wildman–Crippen MR) is 144 cm³/mol. The van der Waals surface area contributed by atoms with E-state index in [2.05, 4.69) is 22.5 Å². The Balaban J connectivity index is 1.63. The van der Waals surface area contributed by atoms with E-state index >= 15 is 0 Å². The zero-order chi connectivity index (χ0) is 25.1. The van der Waals surface area contributed by atoms with Crippen molar-refractivity contribution in [2.75, 3.05) is 19.6 Å². The number of halogens is 1. The molecule has 0 radical (unpaired) electrons. The molecule has 1 aliphatic heterocycles. The lowest BCUT2D eigenvalue weighted by Gasteiger charge is -2.30. The molecule has 1 saturated carbocycles. The standard InChI is InChI=1S/C29H33ClN4O2/c1-19(20-8-4-2-5-9-20)32-29(36)27-23-13-12-22(30)16-25(23)33-28(21-10-6-3-7-11-21)24(27)17-34-15-14-31-26(35)18-34/h3,6-7,10-13,16,19-20H,2,4-5,8-9,14-15,17-18H2,1H3,(H,31,35)(H,32,36)/t19-/m0/s1. The highest BCUT2D eigenvalue weighted by molar-refractivity contribution is 6.31. The number of hydrogen-bond donors (Lipinski definition) is 2. The number of nitrogens with one attached hydrogen (secondary N) is 2. The van der Waals surface area contributed by atoms with E-state index in [9.17, 15) is 9.59 Å². The molecule has 2 aliphatic rings. The molecular formula is C29H33ClN4O2. The van der Waals surface area contributed by atoms with Gasteiger partial charge in [-0.25, -0.2) is 4.98 Å². The average molecular weight is 505 g/mol. The first-order valence-corrected chi connectivity index (χ1v) is 13.3. The summed E-state index contributed by atoms with van der Waals surface area (Å²) in [6, 6.07) is 15.6. The minimum Gasteiger partial charge on any atom is -0.354 e. The summed E-state index contributed by atoms with van der Waals surface area (Å²) in [6.45, 7) is 4.20. The van der Waals surface area contributed by atoms with E-state index in [0.29, 0.717) is 41.7 Å². The largest absolute Gasteiger partial charge is 0.354 e. The number of fused-ring (bicyclic) bond motifs is 1. The fourth-order valence-electron chi connectivity index (χ4n) is 5.61. The second-order valence-corrected chi connectivity index (χ2v) is 10.5. The van der Waals surface area contributed by atoms with Crippen molar-refractivity contribution in [2.24, 2.45) is 5.92 Å². The summed E-state index contributed by atoms with van der Waals surface area (Å²) in [7, 11) is 0. The third kappa shape index (κ3) is 5.40. The molecule has 1 atom stereocenters. The minimum atomic E-state index is -0.0866. The van der Waals surface area contributed by atoms with Crippen LogP contribution in [-0.4, -0.2) is 47.4 Å². The summed E-state index contributed by atoms with van der Waals surface area (Å²) in [5.41, 5.74) is 3.86. The van der Waals surface area contributed by atoms with E-state index in [1.807, 2.05) is 48.5 Å². The zero-order valence-corrected chi connectivity index (χ0v) is 21.5. The number of benzene rings is 2. The van der Waals surface area contributed by atoms with E-state index in [-0.39, 0.29) is 17.9 Å². The Hall–Kier alpha value is -2.96. The van der Waals surface area contributed by atoms with Crippen LogP contribution in [-0.2, 0) is 11.3 Å². The smallest absolute Gasteiger partial charge is 0.252 e. The first-order chi connectivity index (χ1) is 17.5. The van der Waals surface area contributed by atoms with Gasteiger partial charge in [0, 0.05) is 47.2 Å². The van der Waals surface area contributed by atoms with Crippen LogP contribution in [0, 0.1) is 5.92 Å². The molecule has 1 aromatic heterocycles. The molecule has 1 aliphatic carbocycles. The molecule has 0 spiro atoms. The maximum absolute atomic E-state index is 14.0. The monoisotopic (exact) mass is 504 g/mol. The maximum Gasteiger partial charge on any atom is 0.252 e. The number of pyridine rings is 1. The molecule has 5 rings (SSSR count). The van der Waals surface area contributed by atoms with Gasteiger partial charge in [0.25, 0.3) is 5.91 Å². The van der Waals surface area contributed by atoms with Gasteiger partial charge in [-0.3, -0.25) is 14.5 Å². The summed E-state index contributed by atoms with van der Waals surface area (Å²) >= 11 is 6.35. The van der Waals surface area contributed by atoms with Crippen LogP contribution in [0.5, 0.6) is 0 Å². The third-order valence-corrected chi connectivity index (χ3v) is 7.77. The number of nitrogens with zero attached hydrogens (tertiary/aromatic N) is 2. The highest BCUT2D eigenvalue weighted by Gasteiger charge is 2.28. The SMILES string of the molecule is C[C@H](NC(=O)c1c(CN2CCNC(=O)C2)c(-c2ccccc2)nc2cc(Cl)ccc12)C1CCCCC1. The maximum atomic E-state index is 14.0. The number of rotatable bonds is 6. The molecule has 2 aromatic carbocycles. The second-order valence-electron chi connectivity index (χ2n) is 10.1. The summed E-state index contributed by atoms with van der Waals surface area (Å²) in [5.74, 6) is 0.407. The summed E-state index contributed by atoms with van der Waals surface area (Å²) < 4.78 is 0. The first-order valence-electron chi connectivity index (χ1n) is 13.0. The Morgan fingerprint density at radius 3 is 2.69 bits per heavy atom. The quantitative estimate of drug-likeness (QED) is 0.484. The lowest BCUT2D eigenvalue weighted by Crippen LogP contribution is -2.47. The van der Waals surface area contributed by atoms with Gasteiger partial charge in [-0.2, -0.15) is 0 Å². The van der Waals surface area contributed by atoms with Crippen molar-refractivity contribution in [3.63, 3.8) is 0 Å². The molecule has 7 heteroatoms. The van der Waals surface area contributed by atoms with Gasteiger partial charge in [-0.05, 0) is 37.8 Å². The minimum absolute atomic E-state index is 0.0000338. The Labute approximate surface area is 217 Å². The van der Waals surface area contributed by atoms with E-state index in [4.69, 9.17) is 16.6 Å². The highest BCUT2D eigenvalue weighted by Crippen LogP contribution is 2.33. The number of amides is 2. The van der Waals surface area contributed by atoms with Gasteiger partial charge in [0.05, 0.1) is 23.3 Å². The van der Waals surface area contributed by atoms with Crippen molar-refractivity contribution in [2.45, 2.75) is 51.6 Å². The second kappa shape index (κ2) is 11.0. The van der Waals surface area contributed by atoms with Crippen LogP contribution in [0.1, 0.15) is 54.9 Å². The highest BCUT2D eigenvalue weighted by atomic mass is 35.5. The molecule has 2 fully saturated rings. The van der Waals surface area contributed by atoms with Gasteiger partial charge < -0.3 is 10.6 Å². The van der Waals surface area contributed by atoms with Gasteiger partial charge in [0.15, 0.2) is 0 Å². The van der Waals surface area contributed by atoms with E-state index < -0.39 is 0 Å². The lowest BCUT2D eigenvalue weighted by atomic mass is 9.84. The topological polar surface area (TPSA) is 74.3 Å². The van der Waals surface area contributed by atoms with Gasteiger partial charge >= 0.3 is 0 Å². The molecule has 188 valence electrons. The van der Waals surface area contributed by atoms with Crippen molar-refractivity contribution in [3.8, 4) is 11.3 Å². The average Bonchev–Trinajstić information content (AvgIpc) is 2.89. The predicted octanol–water partition coefficient (Wildman–Crippen LogP) is 5.19. The lowest BCUT2D eigenvalue weighted by molar-refractivity contribution is -0.124. The van der Waals surface area contributed by atoms with Crippen molar-refractivity contribution in [1.29, 1.82) is 0 Å². The van der Waals surface area contributed by atoms with Crippen molar-refractivity contribution < 1.29 is 9.59 Å². The molecule has 3 aromatic rings. The summed E-state index contributed by atoms with van der Waals surface area (Å²) in [5, 5.41) is 7.59. The molecule has 2 amide bonds. The van der Waals surface area contributed by atoms with Gasteiger partial charge in [0.2, 0.25) is 5.91 Å². The van der Waals surface area contributed by atoms with Crippen LogP contribution < -0.4 is 10.6 Å². The first kappa shape index (κ1) is 24.7. The van der Waals surface area contributed by atoms with Gasteiger partial charge in [-0.1, -0.05) is 67.3 Å². The van der Waals surface area contributed by atoms with Crippen LogP contribution >= 0.6 is 11.6 Å². The molecular weight excluding hydrogens is 472 g/mol.